The molecule has 1 aliphatic heterocycles. The number of pyridine rings is 1. The average molecular weight is 399 g/mol. The van der Waals surface area contributed by atoms with Gasteiger partial charge in [0.2, 0.25) is 5.82 Å². The smallest absolute Gasteiger partial charge is 0.258 e. The molecule has 0 saturated carbocycles. The number of aromatic nitrogens is 5. The Hall–Kier alpha value is -2.62. The Bertz CT molecular complexity index is 1050. The number of morpholine rings is 1. The Kier molecular flexibility index (Phi) is 5.70. The Labute approximate surface area is 168 Å². The lowest BCUT2D eigenvalue weighted by Crippen LogP contribution is -3.14. The first-order chi connectivity index (χ1) is 14.1. The van der Waals surface area contributed by atoms with Gasteiger partial charge in [-0.15, -0.1) is 5.10 Å². The minimum Gasteiger partial charge on any atom is -0.383 e. The summed E-state index contributed by atoms with van der Waals surface area (Å²) in [4.78, 5) is 17.5. The van der Waals surface area contributed by atoms with Crippen molar-refractivity contribution >= 4 is 10.9 Å². The summed E-state index contributed by atoms with van der Waals surface area (Å²) in [5.74, 6) is 0.674. The van der Waals surface area contributed by atoms with Crippen LogP contribution in [0.15, 0.2) is 23.0 Å². The molecule has 1 saturated heterocycles. The van der Waals surface area contributed by atoms with E-state index >= 15 is 0 Å². The number of benzene rings is 1. The van der Waals surface area contributed by atoms with Crippen LogP contribution >= 0.6 is 0 Å². The summed E-state index contributed by atoms with van der Waals surface area (Å²) in [6, 6.07) is 5.85. The molecule has 0 unspecified atom stereocenters. The molecule has 154 valence electrons. The standard InChI is InChI=1S/C20H26N6O3/c1-13-4-5-15-12-16(20(27)21-17(15)14(13)2)18(25-6-10-29-11-7-25)19-22-23-24-26(19)8-9-28-3/h4-5,12,18H,6-11H2,1-3H3,(H,21,27)/p+1/t18-/m1/s1. The number of rotatable bonds is 6. The van der Waals surface area contributed by atoms with Crippen LogP contribution in [0.25, 0.3) is 10.9 Å². The van der Waals surface area contributed by atoms with Crippen molar-refractivity contribution in [1.82, 2.24) is 25.2 Å². The molecule has 1 aromatic carbocycles. The Balaban J connectivity index is 1.85. The van der Waals surface area contributed by atoms with Crippen molar-refractivity contribution in [3.05, 3.63) is 51.1 Å². The van der Waals surface area contributed by atoms with Crippen LogP contribution in [0, 0.1) is 13.8 Å². The molecule has 4 rings (SSSR count). The molecule has 1 aliphatic rings. The fourth-order valence-corrected chi connectivity index (χ4v) is 3.98. The first-order valence-electron chi connectivity index (χ1n) is 9.90. The maximum absolute atomic E-state index is 13.2. The molecule has 3 aromatic rings. The van der Waals surface area contributed by atoms with E-state index in [1.165, 1.54) is 4.90 Å². The third kappa shape index (κ3) is 3.81. The quantitative estimate of drug-likeness (QED) is 0.595. The number of ether oxygens (including phenoxy) is 2. The van der Waals surface area contributed by atoms with Crippen LogP contribution in [0.5, 0.6) is 0 Å². The zero-order chi connectivity index (χ0) is 20.4. The molecular weight excluding hydrogens is 372 g/mol. The number of hydrogen-bond acceptors (Lipinski definition) is 6. The highest BCUT2D eigenvalue weighted by atomic mass is 16.5. The summed E-state index contributed by atoms with van der Waals surface area (Å²) in [7, 11) is 1.65. The van der Waals surface area contributed by atoms with E-state index in [0.29, 0.717) is 37.8 Å². The third-order valence-corrected chi connectivity index (χ3v) is 5.76. The van der Waals surface area contributed by atoms with Gasteiger partial charge in [0.05, 0.1) is 37.4 Å². The number of quaternary nitrogens is 1. The molecule has 9 nitrogen and oxygen atoms in total. The SMILES string of the molecule is COCCn1nnnc1[C@@H](c1cc2ccc(C)c(C)c2[nH]c1=O)[NH+]1CCOCC1. The Morgan fingerprint density at radius 3 is 2.86 bits per heavy atom. The lowest BCUT2D eigenvalue weighted by atomic mass is 10.00. The molecule has 0 bridgehead atoms. The molecule has 1 fully saturated rings. The maximum atomic E-state index is 13.2. The van der Waals surface area contributed by atoms with Crippen LogP contribution in [0.2, 0.25) is 0 Å². The van der Waals surface area contributed by atoms with Gasteiger partial charge in [-0.2, -0.15) is 0 Å². The molecular formula is C20H27N6O3+. The van der Waals surface area contributed by atoms with E-state index in [-0.39, 0.29) is 11.6 Å². The summed E-state index contributed by atoms with van der Waals surface area (Å²) in [6.45, 7) is 7.97. The largest absolute Gasteiger partial charge is 0.383 e. The highest BCUT2D eigenvalue weighted by Gasteiger charge is 2.35. The van der Waals surface area contributed by atoms with Crippen LogP contribution < -0.4 is 10.5 Å². The summed E-state index contributed by atoms with van der Waals surface area (Å²) in [6.07, 6.45) is 0. The van der Waals surface area contributed by atoms with Crippen LogP contribution in [-0.4, -0.2) is 65.2 Å². The monoisotopic (exact) mass is 399 g/mol. The first-order valence-corrected chi connectivity index (χ1v) is 9.90. The van der Waals surface area contributed by atoms with Gasteiger partial charge in [-0.3, -0.25) is 4.79 Å². The number of nitrogens with zero attached hydrogens (tertiary/aromatic N) is 4. The molecule has 0 amide bonds. The fraction of sp³-hybridized carbons (Fsp3) is 0.500. The molecule has 0 spiro atoms. The van der Waals surface area contributed by atoms with E-state index < -0.39 is 0 Å². The molecule has 29 heavy (non-hydrogen) atoms. The first kappa shape index (κ1) is 19.7. The predicted octanol–water partition coefficient (Wildman–Crippen LogP) is -0.218. The zero-order valence-corrected chi connectivity index (χ0v) is 17.1. The van der Waals surface area contributed by atoms with Gasteiger partial charge in [0.15, 0.2) is 6.04 Å². The second-order valence-corrected chi connectivity index (χ2v) is 7.48. The van der Waals surface area contributed by atoms with Crippen LogP contribution in [0.3, 0.4) is 0 Å². The van der Waals surface area contributed by atoms with Crippen molar-refractivity contribution in [2.24, 2.45) is 0 Å². The molecule has 0 aliphatic carbocycles. The Morgan fingerprint density at radius 2 is 2.10 bits per heavy atom. The number of H-pyrrole nitrogens is 1. The number of nitrogens with one attached hydrogen (secondary N) is 2. The number of aromatic amines is 1. The van der Waals surface area contributed by atoms with E-state index in [1.807, 2.05) is 19.9 Å². The second-order valence-electron chi connectivity index (χ2n) is 7.48. The van der Waals surface area contributed by atoms with Crippen LogP contribution in [-0.2, 0) is 16.0 Å². The highest BCUT2D eigenvalue weighted by molar-refractivity contribution is 5.83. The van der Waals surface area contributed by atoms with E-state index in [2.05, 4.69) is 32.6 Å². The molecule has 3 heterocycles. The summed E-state index contributed by atoms with van der Waals surface area (Å²) in [5.41, 5.74) is 3.70. The lowest BCUT2D eigenvalue weighted by molar-refractivity contribution is -0.933. The number of aryl methyl sites for hydroxylation is 2. The van der Waals surface area contributed by atoms with Crippen LogP contribution in [0.1, 0.15) is 28.6 Å². The molecule has 9 heteroatoms. The Morgan fingerprint density at radius 1 is 1.31 bits per heavy atom. The van der Waals surface area contributed by atoms with Crippen molar-refractivity contribution in [2.45, 2.75) is 26.4 Å². The average Bonchev–Trinajstić information content (AvgIpc) is 3.19. The van der Waals surface area contributed by atoms with Gasteiger partial charge < -0.3 is 19.4 Å². The second kappa shape index (κ2) is 8.40. The van der Waals surface area contributed by atoms with E-state index in [9.17, 15) is 4.79 Å². The number of tetrazole rings is 1. The lowest BCUT2D eigenvalue weighted by Gasteiger charge is -2.30. The highest BCUT2D eigenvalue weighted by Crippen LogP contribution is 2.22. The van der Waals surface area contributed by atoms with Crippen LogP contribution in [0.4, 0.5) is 0 Å². The van der Waals surface area contributed by atoms with Gasteiger partial charge in [0.1, 0.15) is 13.1 Å². The van der Waals surface area contributed by atoms with Crippen molar-refractivity contribution in [3.8, 4) is 0 Å². The molecule has 2 N–H and O–H groups in total. The van der Waals surface area contributed by atoms with Gasteiger partial charge in [-0.1, -0.05) is 12.1 Å². The van der Waals surface area contributed by atoms with Crippen molar-refractivity contribution in [1.29, 1.82) is 0 Å². The maximum Gasteiger partial charge on any atom is 0.258 e. The predicted molar refractivity (Wildman–Crippen MR) is 107 cm³/mol. The van der Waals surface area contributed by atoms with Gasteiger partial charge in [0, 0.05) is 7.11 Å². The van der Waals surface area contributed by atoms with Crippen molar-refractivity contribution in [3.63, 3.8) is 0 Å². The molecule has 1 atom stereocenters. The topological polar surface area (TPSA) is 99.4 Å². The minimum absolute atomic E-state index is 0.100. The number of fused-ring (bicyclic) bond motifs is 1. The number of hydrogen-bond donors (Lipinski definition) is 2. The van der Waals surface area contributed by atoms with Gasteiger partial charge in [0.25, 0.3) is 5.56 Å². The van der Waals surface area contributed by atoms with Gasteiger partial charge in [-0.05, 0) is 46.9 Å². The summed E-state index contributed by atoms with van der Waals surface area (Å²) >= 11 is 0. The minimum atomic E-state index is -0.277. The summed E-state index contributed by atoms with van der Waals surface area (Å²) < 4.78 is 12.5. The fourth-order valence-electron chi connectivity index (χ4n) is 3.98. The van der Waals surface area contributed by atoms with Gasteiger partial charge in [-0.25, -0.2) is 4.68 Å². The van der Waals surface area contributed by atoms with Gasteiger partial charge >= 0.3 is 0 Å². The van der Waals surface area contributed by atoms with E-state index in [0.717, 1.165) is 35.1 Å². The molecule has 0 radical (unpaired) electrons. The molecule has 2 aromatic heterocycles. The number of methoxy groups -OCH3 is 1. The van der Waals surface area contributed by atoms with Crippen molar-refractivity contribution in [2.75, 3.05) is 40.0 Å². The third-order valence-electron chi connectivity index (χ3n) is 5.76. The van der Waals surface area contributed by atoms with E-state index in [4.69, 9.17) is 9.47 Å². The van der Waals surface area contributed by atoms with Crippen molar-refractivity contribution < 1.29 is 14.4 Å². The van der Waals surface area contributed by atoms with E-state index in [1.54, 1.807) is 11.8 Å². The normalized spacial score (nSPS) is 16.4. The summed E-state index contributed by atoms with van der Waals surface area (Å²) in [5, 5.41) is 13.3. The zero-order valence-electron chi connectivity index (χ0n) is 17.1.